The molecule has 27 heavy (non-hydrogen) atoms. The van der Waals surface area contributed by atoms with E-state index in [1.165, 1.54) is 0 Å². The van der Waals surface area contributed by atoms with Gasteiger partial charge in [-0.25, -0.2) is 0 Å². The zero-order valence-electron chi connectivity index (χ0n) is 15.4. The Kier molecular flexibility index (Phi) is 4.23. The molecule has 4 aliphatic carbocycles. The van der Waals surface area contributed by atoms with Crippen LogP contribution in [0.5, 0.6) is 0 Å². The SMILES string of the molecule is C[C@H](OC(=O)C12C[C@@H]3C[C@@H](CC(O)(C3)C1)C2)C(=O)Nc1ccc(C#N)cc1. The third-order valence-electron chi connectivity index (χ3n) is 6.40. The number of rotatable bonds is 4. The Labute approximate surface area is 158 Å². The number of aliphatic hydroxyl groups is 1. The van der Waals surface area contributed by atoms with Crippen LogP contribution < -0.4 is 5.32 Å². The minimum Gasteiger partial charge on any atom is -0.452 e. The molecule has 5 rings (SSSR count). The Hall–Kier alpha value is -2.39. The van der Waals surface area contributed by atoms with Crippen LogP contribution in [0.15, 0.2) is 24.3 Å². The highest BCUT2D eigenvalue weighted by molar-refractivity contribution is 5.95. The van der Waals surface area contributed by atoms with Crippen molar-refractivity contribution in [2.75, 3.05) is 5.32 Å². The van der Waals surface area contributed by atoms with Crippen LogP contribution in [0.25, 0.3) is 0 Å². The largest absolute Gasteiger partial charge is 0.452 e. The van der Waals surface area contributed by atoms with E-state index in [1.54, 1.807) is 31.2 Å². The van der Waals surface area contributed by atoms with Crippen LogP contribution in [-0.4, -0.2) is 28.7 Å². The highest BCUT2D eigenvalue weighted by Crippen LogP contribution is 2.62. The molecule has 0 radical (unpaired) electrons. The second-order valence-corrected chi connectivity index (χ2v) is 8.69. The highest BCUT2D eigenvalue weighted by atomic mass is 16.5. The Balaban J connectivity index is 1.40. The first-order chi connectivity index (χ1) is 12.8. The van der Waals surface area contributed by atoms with E-state index in [9.17, 15) is 14.7 Å². The topological polar surface area (TPSA) is 99.4 Å². The van der Waals surface area contributed by atoms with Gasteiger partial charge in [-0.3, -0.25) is 9.59 Å². The van der Waals surface area contributed by atoms with Gasteiger partial charge in [0.05, 0.1) is 22.6 Å². The third kappa shape index (κ3) is 3.32. The molecule has 6 nitrogen and oxygen atoms in total. The summed E-state index contributed by atoms with van der Waals surface area (Å²) in [6, 6.07) is 8.52. The van der Waals surface area contributed by atoms with E-state index in [-0.39, 0.29) is 5.97 Å². The number of hydrogen-bond acceptors (Lipinski definition) is 5. The van der Waals surface area contributed by atoms with Crippen molar-refractivity contribution in [3.8, 4) is 6.07 Å². The lowest BCUT2D eigenvalue weighted by molar-refractivity contribution is -0.199. The summed E-state index contributed by atoms with van der Waals surface area (Å²) in [7, 11) is 0. The summed E-state index contributed by atoms with van der Waals surface area (Å²) >= 11 is 0. The molecule has 0 saturated heterocycles. The summed E-state index contributed by atoms with van der Waals surface area (Å²) < 4.78 is 5.54. The van der Waals surface area contributed by atoms with Gasteiger partial charge in [0.1, 0.15) is 0 Å². The van der Waals surface area contributed by atoms with E-state index in [0.29, 0.717) is 29.5 Å². The number of carbonyl (C=O) groups excluding carboxylic acids is 2. The first-order valence-corrected chi connectivity index (χ1v) is 9.55. The predicted octanol–water partition coefficient (Wildman–Crippen LogP) is 2.76. The number of benzene rings is 1. The van der Waals surface area contributed by atoms with Crippen LogP contribution in [0.3, 0.4) is 0 Å². The van der Waals surface area contributed by atoms with Crippen molar-refractivity contribution in [3.05, 3.63) is 29.8 Å². The fraction of sp³-hybridized carbons (Fsp3) is 0.571. The van der Waals surface area contributed by atoms with Crippen molar-refractivity contribution in [1.82, 2.24) is 0 Å². The van der Waals surface area contributed by atoms with Crippen molar-refractivity contribution in [2.45, 2.75) is 57.2 Å². The van der Waals surface area contributed by atoms with E-state index in [1.807, 2.05) is 6.07 Å². The molecule has 4 saturated carbocycles. The number of nitriles is 1. The summed E-state index contributed by atoms with van der Waals surface area (Å²) in [5, 5.41) is 22.3. The molecular weight excluding hydrogens is 344 g/mol. The molecule has 1 amide bonds. The van der Waals surface area contributed by atoms with Crippen molar-refractivity contribution < 1.29 is 19.4 Å². The molecule has 4 fully saturated rings. The molecule has 4 aliphatic rings. The second kappa shape index (κ2) is 6.35. The van der Waals surface area contributed by atoms with E-state index in [2.05, 4.69) is 5.32 Å². The zero-order valence-corrected chi connectivity index (χ0v) is 15.4. The van der Waals surface area contributed by atoms with Gasteiger partial charge in [-0.05, 0) is 81.5 Å². The van der Waals surface area contributed by atoms with Gasteiger partial charge in [-0.2, -0.15) is 5.26 Å². The van der Waals surface area contributed by atoms with Crippen LogP contribution in [0, 0.1) is 28.6 Å². The molecule has 0 aromatic heterocycles. The average molecular weight is 368 g/mol. The van der Waals surface area contributed by atoms with Gasteiger partial charge in [0.25, 0.3) is 5.91 Å². The van der Waals surface area contributed by atoms with Gasteiger partial charge < -0.3 is 15.2 Å². The summed E-state index contributed by atoms with van der Waals surface area (Å²) in [5.41, 5.74) is -0.322. The lowest BCUT2D eigenvalue weighted by Crippen LogP contribution is -2.59. The van der Waals surface area contributed by atoms with Gasteiger partial charge in [0.2, 0.25) is 0 Å². The first-order valence-electron chi connectivity index (χ1n) is 9.55. The molecule has 4 bridgehead atoms. The smallest absolute Gasteiger partial charge is 0.312 e. The molecule has 0 spiro atoms. The standard InChI is InChI=1S/C21H24N2O4/c1-13(18(24)23-17-4-2-14(11-22)3-5-17)27-19(25)20-7-15-6-16(8-20)10-21(26,9-15)12-20/h2-5,13,15-16,26H,6-10,12H2,1H3,(H,23,24)/t13-,15-,16+,20?,21?/m0/s1. The van der Waals surface area contributed by atoms with E-state index >= 15 is 0 Å². The van der Waals surface area contributed by atoms with Gasteiger partial charge in [0.15, 0.2) is 6.10 Å². The number of nitrogens with one attached hydrogen (secondary N) is 1. The monoisotopic (exact) mass is 368 g/mol. The minimum atomic E-state index is -0.921. The van der Waals surface area contributed by atoms with Crippen molar-refractivity contribution in [1.29, 1.82) is 5.26 Å². The maximum Gasteiger partial charge on any atom is 0.312 e. The fourth-order valence-electron chi connectivity index (χ4n) is 5.66. The van der Waals surface area contributed by atoms with Crippen molar-refractivity contribution in [3.63, 3.8) is 0 Å². The van der Waals surface area contributed by atoms with E-state index in [4.69, 9.17) is 10.00 Å². The maximum absolute atomic E-state index is 12.9. The Morgan fingerprint density at radius 2 is 1.85 bits per heavy atom. The number of esters is 1. The lowest BCUT2D eigenvalue weighted by atomic mass is 9.48. The number of amides is 1. The molecule has 2 unspecified atom stereocenters. The predicted molar refractivity (Wildman–Crippen MR) is 97.4 cm³/mol. The average Bonchev–Trinajstić information content (AvgIpc) is 2.60. The number of nitrogens with zero attached hydrogens (tertiary/aromatic N) is 1. The van der Waals surface area contributed by atoms with Crippen LogP contribution in [0.1, 0.15) is 51.0 Å². The molecule has 6 heteroatoms. The molecule has 0 heterocycles. The van der Waals surface area contributed by atoms with Crippen LogP contribution in [0.2, 0.25) is 0 Å². The maximum atomic E-state index is 12.9. The Morgan fingerprint density at radius 3 is 2.41 bits per heavy atom. The van der Waals surface area contributed by atoms with Crippen LogP contribution >= 0.6 is 0 Å². The molecular formula is C21H24N2O4. The Bertz CT molecular complexity index is 796. The lowest BCUT2D eigenvalue weighted by Gasteiger charge is -2.58. The summed E-state index contributed by atoms with van der Waals surface area (Å²) in [4.78, 5) is 25.3. The van der Waals surface area contributed by atoms with E-state index in [0.717, 1.165) is 32.1 Å². The van der Waals surface area contributed by atoms with Crippen molar-refractivity contribution >= 4 is 17.6 Å². The zero-order chi connectivity index (χ0) is 19.2. The van der Waals surface area contributed by atoms with Gasteiger partial charge in [-0.1, -0.05) is 0 Å². The van der Waals surface area contributed by atoms with Crippen molar-refractivity contribution in [2.24, 2.45) is 17.3 Å². The third-order valence-corrected chi connectivity index (χ3v) is 6.40. The quantitative estimate of drug-likeness (QED) is 0.796. The number of ether oxygens (including phenoxy) is 1. The van der Waals surface area contributed by atoms with Crippen LogP contribution in [-0.2, 0) is 14.3 Å². The molecule has 2 N–H and O–H groups in total. The molecule has 142 valence electrons. The number of carbonyl (C=O) groups is 2. The summed E-state index contributed by atoms with van der Waals surface area (Å²) in [6.45, 7) is 1.56. The highest BCUT2D eigenvalue weighted by Gasteiger charge is 2.61. The molecule has 1 aromatic carbocycles. The number of anilines is 1. The molecule has 5 atom stereocenters. The normalized spacial score (nSPS) is 34.6. The van der Waals surface area contributed by atoms with Gasteiger partial charge in [0, 0.05) is 5.69 Å². The minimum absolute atomic E-state index is 0.350. The number of hydrogen-bond donors (Lipinski definition) is 2. The molecule has 1 aromatic rings. The second-order valence-electron chi connectivity index (χ2n) is 8.69. The van der Waals surface area contributed by atoms with Crippen LogP contribution in [0.4, 0.5) is 5.69 Å². The van der Waals surface area contributed by atoms with E-state index < -0.39 is 23.0 Å². The van der Waals surface area contributed by atoms with Gasteiger partial charge >= 0.3 is 5.97 Å². The first kappa shape index (κ1) is 18.0. The Morgan fingerprint density at radius 1 is 1.22 bits per heavy atom. The summed E-state index contributed by atoms with van der Waals surface area (Å²) in [5.74, 6) is 0.00663. The van der Waals surface area contributed by atoms with Gasteiger partial charge in [-0.15, -0.1) is 0 Å². The summed E-state index contributed by atoms with van der Waals surface area (Å²) in [6.07, 6.45) is 3.71. The fourth-order valence-corrected chi connectivity index (χ4v) is 5.66. The molecule has 0 aliphatic heterocycles.